The van der Waals surface area contributed by atoms with Crippen molar-refractivity contribution in [3.63, 3.8) is 0 Å². The number of nitrogens with zero attached hydrogens (tertiary/aromatic N) is 2. The monoisotopic (exact) mass is 721 g/mol. The first-order chi connectivity index (χ1) is 22.7. The molecule has 0 spiro atoms. The van der Waals surface area contributed by atoms with Gasteiger partial charge in [0.25, 0.3) is 10.0 Å². The predicted octanol–water partition coefficient (Wildman–Crippen LogP) is 6.22. The summed E-state index contributed by atoms with van der Waals surface area (Å²) in [4.78, 5) is 30.0. The maximum absolute atomic E-state index is 14.7. The number of hydrogen-bond donors (Lipinski definition) is 1. The average molecular weight is 723 g/mol. The molecule has 4 aromatic carbocycles. The van der Waals surface area contributed by atoms with Gasteiger partial charge in [0.15, 0.2) is 0 Å². The first-order valence-corrected chi connectivity index (χ1v) is 17.6. The molecule has 2 amide bonds. The quantitative estimate of drug-likeness (QED) is 0.138. The number of amides is 2. The lowest BCUT2D eigenvalue weighted by molar-refractivity contribution is -0.140. The Hall–Kier alpha value is -4.35. The van der Waals surface area contributed by atoms with Crippen LogP contribution in [-0.4, -0.2) is 58.5 Å². The Morgan fingerprint density at radius 3 is 2.17 bits per heavy atom. The van der Waals surface area contributed by atoms with E-state index in [1.807, 2.05) is 61.5 Å². The molecule has 0 aliphatic carbocycles. The molecule has 0 aliphatic rings. The zero-order chi connectivity index (χ0) is 33.8. The molecule has 11 heteroatoms. The second-order valence-electron chi connectivity index (χ2n) is 10.9. The van der Waals surface area contributed by atoms with Crippen molar-refractivity contribution < 1.29 is 27.5 Å². The topological polar surface area (TPSA) is 105 Å². The van der Waals surface area contributed by atoms with Crippen molar-refractivity contribution in [2.24, 2.45) is 0 Å². The van der Waals surface area contributed by atoms with Crippen molar-refractivity contribution in [3.8, 4) is 11.5 Å². The van der Waals surface area contributed by atoms with Crippen LogP contribution in [0.1, 0.15) is 30.9 Å². The van der Waals surface area contributed by atoms with E-state index in [-0.39, 0.29) is 35.2 Å². The molecule has 4 aromatic rings. The largest absolute Gasteiger partial charge is 0.497 e. The number of carbonyl (C=O) groups is 2. The van der Waals surface area contributed by atoms with Crippen LogP contribution < -0.4 is 19.1 Å². The van der Waals surface area contributed by atoms with E-state index in [9.17, 15) is 18.0 Å². The van der Waals surface area contributed by atoms with E-state index in [4.69, 9.17) is 9.47 Å². The van der Waals surface area contributed by atoms with Gasteiger partial charge in [-0.05, 0) is 53.9 Å². The Labute approximate surface area is 285 Å². The fourth-order valence-corrected chi connectivity index (χ4v) is 7.00. The Morgan fingerprint density at radius 1 is 0.851 bits per heavy atom. The highest BCUT2D eigenvalue weighted by Gasteiger charge is 2.35. The van der Waals surface area contributed by atoms with Crippen molar-refractivity contribution in [1.29, 1.82) is 0 Å². The molecule has 0 saturated carbocycles. The number of benzene rings is 4. The molecule has 0 aliphatic heterocycles. The molecule has 248 valence electrons. The highest BCUT2D eigenvalue weighted by Crippen LogP contribution is 2.36. The van der Waals surface area contributed by atoms with Gasteiger partial charge in [-0.15, -0.1) is 0 Å². The van der Waals surface area contributed by atoms with Crippen molar-refractivity contribution in [2.45, 2.75) is 43.7 Å². The Morgan fingerprint density at radius 2 is 1.53 bits per heavy atom. The number of sulfonamides is 1. The fraction of sp³-hybridized carbons (Fsp3) is 0.278. The highest BCUT2D eigenvalue weighted by atomic mass is 79.9. The minimum absolute atomic E-state index is 0.00522. The minimum atomic E-state index is -4.30. The first-order valence-electron chi connectivity index (χ1n) is 15.3. The summed E-state index contributed by atoms with van der Waals surface area (Å²) in [7, 11) is -1.40. The number of unbranched alkanes of at least 4 members (excludes halogenated alkanes) is 1. The van der Waals surface area contributed by atoms with Crippen LogP contribution in [0.3, 0.4) is 0 Å². The zero-order valence-corrected chi connectivity index (χ0v) is 29.2. The molecule has 0 fully saturated rings. The number of rotatable bonds is 16. The lowest BCUT2D eigenvalue weighted by Gasteiger charge is -2.34. The molecule has 0 bridgehead atoms. The van der Waals surface area contributed by atoms with Crippen LogP contribution >= 0.6 is 15.9 Å². The summed E-state index contributed by atoms with van der Waals surface area (Å²) >= 11 is 3.51. The second-order valence-corrected chi connectivity index (χ2v) is 13.6. The van der Waals surface area contributed by atoms with Crippen LogP contribution in [0, 0.1) is 0 Å². The van der Waals surface area contributed by atoms with E-state index in [2.05, 4.69) is 21.2 Å². The maximum Gasteiger partial charge on any atom is 0.264 e. The Balaban J connectivity index is 1.84. The summed E-state index contributed by atoms with van der Waals surface area (Å²) in [5.41, 5.74) is 1.75. The molecule has 0 saturated heterocycles. The normalized spacial score (nSPS) is 11.7. The molecule has 9 nitrogen and oxygen atoms in total. The molecule has 0 radical (unpaired) electrons. The zero-order valence-electron chi connectivity index (χ0n) is 26.8. The van der Waals surface area contributed by atoms with Crippen molar-refractivity contribution in [1.82, 2.24) is 10.2 Å². The molecule has 0 aromatic heterocycles. The summed E-state index contributed by atoms with van der Waals surface area (Å²) < 4.78 is 41.4. The third-order valence-electron chi connectivity index (χ3n) is 7.61. The van der Waals surface area contributed by atoms with E-state index in [1.54, 1.807) is 30.3 Å². The van der Waals surface area contributed by atoms with Gasteiger partial charge in [-0.1, -0.05) is 89.9 Å². The molecule has 4 rings (SSSR count). The first kappa shape index (κ1) is 35.5. The third kappa shape index (κ3) is 9.36. The molecule has 0 heterocycles. The van der Waals surface area contributed by atoms with E-state index in [0.717, 1.165) is 32.7 Å². The van der Waals surface area contributed by atoms with Crippen LogP contribution in [0.25, 0.3) is 0 Å². The summed E-state index contributed by atoms with van der Waals surface area (Å²) in [6.45, 7) is 1.94. The van der Waals surface area contributed by atoms with Gasteiger partial charge in [-0.3, -0.25) is 13.9 Å². The number of ether oxygens (including phenoxy) is 2. The molecular weight excluding hydrogens is 682 g/mol. The fourth-order valence-electron chi connectivity index (χ4n) is 5.12. The molecule has 47 heavy (non-hydrogen) atoms. The van der Waals surface area contributed by atoms with Crippen LogP contribution in [0.15, 0.2) is 112 Å². The maximum atomic E-state index is 14.7. The van der Waals surface area contributed by atoms with Gasteiger partial charge in [0.2, 0.25) is 11.8 Å². The molecule has 1 atom stereocenters. The van der Waals surface area contributed by atoms with E-state index < -0.39 is 28.5 Å². The van der Waals surface area contributed by atoms with Crippen molar-refractivity contribution in [3.05, 3.63) is 119 Å². The molecule has 0 unspecified atom stereocenters. The van der Waals surface area contributed by atoms with Gasteiger partial charge in [0.05, 0.1) is 24.8 Å². The SMILES string of the molecule is CCCCNC(=O)[C@H](Cc1ccccc1)N(Cc1cccc(Br)c1)C(=O)CN(c1cc(OC)ccc1OC)S(=O)(=O)c1ccccc1. The van der Waals surface area contributed by atoms with E-state index in [1.165, 1.54) is 37.3 Å². The predicted molar refractivity (Wildman–Crippen MR) is 187 cm³/mol. The summed E-state index contributed by atoms with van der Waals surface area (Å²) in [6, 6.07) is 28.6. The second kappa shape index (κ2) is 17.0. The Bertz CT molecular complexity index is 1740. The smallest absolute Gasteiger partial charge is 0.264 e. The lowest BCUT2D eigenvalue weighted by Crippen LogP contribution is -2.53. The van der Waals surface area contributed by atoms with Crippen LogP contribution in [0.2, 0.25) is 0 Å². The molecule has 1 N–H and O–H groups in total. The van der Waals surface area contributed by atoms with Gasteiger partial charge in [0, 0.05) is 30.0 Å². The minimum Gasteiger partial charge on any atom is -0.497 e. The van der Waals surface area contributed by atoms with Crippen molar-refractivity contribution >= 4 is 43.5 Å². The Kier molecular flexibility index (Phi) is 12.8. The average Bonchev–Trinajstić information content (AvgIpc) is 3.09. The van der Waals surface area contributed by atoms with E-state index >= 15 is 0 Å². The lowest BCUT2D eigenvalue weighted by atomic mass is 10.0. The van der Waals surface area contributed by atoms with Crippen LogP contribution in [-0.2, 0) is 32.6 Å². The van der Waals surface area contributed by atoms with Gasteiger partial charge in [-0.25, -0.2) is 8.42 Å². The summed E-state index contributed by atoms with van der Waals surface area (Å²) in [5.74, 6) is -0.275. The van der Waals surface area contributed by atoms with E-state index in [0.29, 0.717) is 12.3 Å². The van der Waals surface area contributed by atoms with Gasteiger partial charge >= 0.3 is 0 Å². The van der Waals surface area contributed by atoms with Gasteiger partial charge in [0.1, 0.15) is 24.1 Å². The van der Waals surface area contributed by atoms with Crippen LogP contribution in [0.4, 0.5) is 5.69 Å². The summed E-state index contributed by atoms with van der Waals surface area (Å²) in [6.07, 6.45) is 1.90. The number of hydrogen-bond acceptors (Lipinski definition) is 6. The number of nitrogens with one attached hydrogen (secondary N) is 1. The van der Waals surface area contributed by atoms with Gasteiger partial charge in [-0.2, -0.15) is 0 Å². The molecular formula is C36H40BrN3O6S. The number of carbonyl (C=O) groups excluding carboxylic acids is 2. The van der Waals surface area contributed by atoms with Crippen LogP contribution in [0.5, 0.6) is 11.5 Å². The third-order valence-corrected chi connectivity index (χ3v) is 9.87. The number of halogens is 1. The van der Waals surface area contributed by atoms with Gasteiger partial charge < -0.3 is 19.7 Å². The standard InChI is InChI=1S/C36H40BrN3O6S/c1-4-5-21-38-36(42)33(23-27-13-8-6-9-14-27)39(25-28-15-12-16-29(37)22-28)35(41)26-40(47(43,44)31-17-10-7-11-18-31)32-24-30(45-2)19-20-34(32)46-3/h6-20,22,24,33H,4-5,21,23,25-26H2,1-3H3,(H,38,42)/t33-/m0/s1. The van der Waals surface area contributed by atoms with Crippen molar-refractivity contribution in [2.75, 3.05) is 31.6 Å². The number of anilines is 1. The highest BCUT2D eigenvalue weighted by molar-refractivity contribution is 9.10. The summed E-state index contributed by atoms with van der Waals surface area (Å²) in [5, 5.41) is 3.00. The number of methoxy groups -OCH3 is 2.